The first-order valence-corrected chi connectivity index (χ1v) is 6.48. The van der Waals surface area contributed by atoms with E-state index in [0.717, 1.165) is 22.3 Å². The summed E-state index contributed by atoms with van der Waals surface area (Å²) >= 11 is 0. The van der Waals surface area contributed by atoms with E-state index in [1.165, 1.54) is 0 Å². The second kappa shape index (κ2) is 3.93. The fraction of sp³-hybridized carbons (Fsp3) is 0.125. The Morgan fingerprint density at radius 3 is 1.15 bits per heavy atom. The van der Waals surface area contributed by atoms with Gasteiger partial charge in [-0.3, -0.25) is 0 Å². The third-order valence-electron chi connectivity index (χ3n) is 4.26. The van der Waals surface area contributed by atoms with E-state index in [2.05, 4.69) is 10.3 Å². The molecular formula is C16H12N2O2. The van der Waals surface area contributed by atoms with Crippen molar-refractivity contribution in [1.82, 2.24) is 0 Å². The van der Waals surface area contributed by atoms with Crippen LogP contribution in [0.3, 0.4) is 0 Å². The lowest BCUT2D eigenvalue weighted by Gasteiger charge is -2.40. The number of benzene rings is 2. The maximum Gasteiger partial charge on any atom is 0.117 e. The molecule has 0 spiro atoms. The summed E-state index contributed by atoms with van der Waals surface area (Å²) in [6.45, 7) is 0. The molecule has 20 heavy (non-hydrogen) atoms. The third kappa shape index (κ3) is 1.20. The van der Waals surface area contributed by atoms with Crippen molar-refractivity contribution in [3.63, 3.8) is 0 Å². The van der Waals surface area contributed by atoms with Gasteiger partial charge in [-0.2, -0.15) is 0 Å². The lowest BCUT2D eigenvalue weighted by atomic mass is 9.62. The van der Waals surface area contributed by atoms with Crippen LogP contribution >= 0.6 is 0 Å². The van der Waals surface area contributed by atoms with Gasteiger partial charge in [0.25, 0.3) is 0 Å². The third-order valence-corrected chi connectivity index (χ3v) is 4.26. The maximum absolute atomic E-state index is 9.36. The molecular weight excluding hydrogens is 252 g/mol. The fourth-order valence-electron chi connectivity index (χ4n) is 3.51. The Balaban J connectivity index is 2.13. The predicted molar refractivity (Wildman–Crippen MR) is 75.0 cm³/mol. The number of hydrogen-bond acceptors (Lipinski definition) is 4. The largest absolute Gasteiger partial charge is 0.411 e. The first kappa shape index (κ1) is 11.2. The molecule has 0 radical (unpaired) electrons. The summed E-state index contributed by atoms with van der Waals surface area (Å²) in [6, 6.07) is 16.1. The van der Waals surface area contributed by atoms with Crippen molar-refractivity contribution in [2.24, 2.45) is 10.3 Å². The van der Waals surface area contributed by atoms with Crippen LogP contribution in [0.5, 0.6) is 0 Å². The minimum atomic E-state index is -0.164. The summed E-state index contributed by atoms with van der Waals surface area (Å²) in [7, 11) is 0. The van der Waals surface area contributed by atoms with Crippen LogP contribution < -0.4 is 0 Å². The van der Waals surface area contributed by atoms with Gasteiger partial charge in [0.2, 0.25) is 0 Å². The SMILES string of the molecule is O/N=C1\C(=N\O)C2c3ccccc3C1c1ccccc12. The quantitative estimate of drug-likeness (QED) is 0.567. The molecule has 2 N–H and O–H groups in total. The van der Waals surface area contributed by atoms with Crippen molar-refractivity contribution >= 4 is 11.4 Å². The van der Waals surface area contributed by atoms with Gasteiger partial charge in [0.05, 0.1) is 11.8 Å². The van der Waals surface area contributed by atoms with Crippen LogP contribution in [-0.2, 0) is 0 Å². The number of oxime groups is 2. The Morgan fingerprint density at radius 1 is 0.600 bits per heavy atom. The molecule has 0 saturated heterocycles. The molecule has 4 nitrogen and oxygen atoms in total. The van der Waals surface area contributed by atoms with Crippen LogP contribution in [0.4, 0.5) is 0 Å². The average molecular weight is 264 g/mol. The molecule has 0 saturated carbocycles. The number of rotatable bonds is 0. The minimum Gasteiger partial charge on any atom is -0.411 e. The highest BCUT2D eigenvalue weighted by atomic mass is 16.4. The van der Waals surface area contributed by atoms with Gasteiger partial charge in [0.1, 0.15) is 11.4 Å². The smallest absolute Gasteiger partial charge is 0.117 e. The number of hydrogen-bond donors (Lipinski definition) is 2. The van der Waals surface area contributed by atoms with E-state index in [9.17, 15) is 10.4 Å². The molecule has 5 rings (SSSR count). The summed E-state index contributed by atoms with van der Waals surface area (Å²) in [6.07, 6.45) is 0. The molecule has 3 aliphatic rings. The Kier molecular flexibility index (Phi) is 2.21. The summed E-state index contributed by atoms with van der Waals surface area (Å²) in [5.41, 5.74) is 5.37. The second-order valence-corrected chi connectivity index (χ2v) is 5.09. The minimum absolute atomic E-state index is 0.164. The van der Waals surface area contributed by atoms with Crippen molar-refractivity contribution in [1.29, 1.82) is 0 Å². The van der Waals surface area contributed by atoms with E-state index in [1.54, 1.807) is 0 Å². The molecule has 0 aromatic heterocycles. The van der Waals surface area contributed by atoms with Crippen LogP contribution in [0.1, 0.15) is 34.1 Å². The van der Waals surface area contributed by atoms with Crippen molar-refractivity contribution in [3.05, 3.63) is 70.8 Å². The van der Waals surface area contributed by atoms with Gasteiger partial charge in [0.15, 0.2) is 0 Å². The molecule has 0 atom stereocenters. The number of fused-ring (bicyclic) bond motifs is 1. The highest BCUT2D eigenvalue weighted by Crippen LogP contribution is 2.49. The van der Waals surface area contributed by atoms with Crippen molar-refractivity contribution in [2.45, 2.75) is 11.8 Å². The second-order valence-electron chi connectivity index (χ2n) is 5.09. The van der Waals surface area contributed by atoms with Gasteiger partial charge in [-0.1, -0.05) is 58.8 Å². The summed E-state index contributed by atoms with van der Waals surface area (Å²) in [4.78, 5) is 0. The Labute approximate surface area is 115 Å². The van der Waals surface area contributed by atoms with Crippen LogP contribution in [0.25, 0.3) is 0 Å². The zero-order chi connectivity index (χ0) is 13.7. The lowest BCUT2D eigenvalue weighted by Crippen LogP contribution is -2.41. The predicted octanol–water partition coefficient (Wildman–Crippen LogP) is 2.94. The molecule has 2 aromatic rings. The van der Waals surface area contributed by atoms with Gasteiger partial charge < -0.3 is 10.4 Å². The maximum atomic E-state index is 9.36. The van der Waals surface area contributed by atoms with E-state index in [0.29, 0.717) is 11.4 Å². The number of nitrogens with zero attached hydrogens (tertiary/aromatic N) is 2. The van der Waals surface area contributed by atoms with Crippen molar-refractivity contribution < 1.29 is 10.4 Å². The molecule has 0 amide bonds. The summed E-state index contributed by atoms with van der Waals surface area (Å²) in [5, 5.41) is 25.5. The van der Waals surface area contributed by atoms with Crippen LogP contribution in [0.15, 0.2) is 58.8 Å². The van der Waals surface area contributed by atoms with Crippen LogP contribution in [0, 0.1) is 0 Å². The molecule has 4 heteroatoms. The topological polar surface area (TPSA) is 65.2 Å². The van der Waals surface area contributed by atoms with Gasteiger partial charge in [-0.15, -0.1) is 0 Å². The zero-order valence-corrected chi connectivity index (χ0v) is 10.6. The first-order chi connectivity index (χ1) is 9.86. The first-order valence-electron chi connectivity index (χ1n) is 6.48. The van der Waals surface area contributed by atoms with Crippen molar-refractivity contribution in [2.75, 3.05) is 0 Å². The lowest BCUT2D eigenvalue weighted by molar-refractivity contribution is 0.310. The molecule has 98 valence electrons. The standard InChI is InChI=1S/C16H12N2O2/c19-17-15-13-9-5-1-2-6-10(9)14(16(15)18-20)12-8-4-3-7-11(12)13/h1-8,13-14,19-20H/b17-15-,18-16+. The Morgan fingerprint density at radius 2 is 0.900 bits per heavy atom. The Hall–Kier alpha value is -2.62. The van der Waals surface area contributed by atoms with Crippen LogP contribution in [0.2, 0.25) is 0 Å². The van der Waals surface area contributed by atoms with Crippen molar-refractivity contribution in [3.8, 4) is 0 Å². The molecule has 3 aliphatic carbocycles. The molecule has 0 unspecified atom stereocenters. The van der Waals surface area contributed by atoms with E-state index in [4.69, 9.17) is 0 Å². The van der Waals surface area contributed by atoms with Gasteiger partial charge >= 0.3 is 0 Å². The van der Waals surface area contributed by atoms with E-state index in [1.807, 2.05) is 48.5 Å². The summed E-state index contributed by atoms with van der Waals surface area (Å²) < 4.78 is 0. The summed E-state index contributed by atoms with van der Waals surface area (Å²) in [5.74, 6) is -0.327. The van der Waals surface area contributed by atoms with Gasteiger partial charge in [0, 0.05) is 0 Å². The van der Waals surface area contributed by atoms with Gasteiger partial charge in [-0.05, 0) is 22.3 Å². The highest BCUT2D eigenvalue weighted by Gasteiger charge is 2.46. The van der Waals surface area contributed by atoms with E-state index in [-0.39, 0.29) is 11.8 Å². The molecule has 0 aliphatic heterocycles. The highest BCUT2D eigenvalue weighted by molar-refractivity contribution is 6.49. The molecule has 0 fully saturated rings. The van der Waals surface area contributed by atoms with E-state index < -0.39 is 0 Å². The molecule has 2 aromatic carbocycles. The average Bonchev–Trinajstić information content (AvgIpc) is 2.53. The normalized spacial score (nSPS) is 26.6. The Bertz CT molecular complexity index is 653. The van der Waals surface area contributed by atoms with E-state index >= 15 is 0 Å². The fourth-order valence-corrected chi connectivity index (χ4v) is 3.51. The molecule has 2 bridgehead atoms. The monoisotopic (exact) mass is 264 g/mol. The molecule has 0 heterocycles. The van der Waals surface area contributed by atoms with Gasteiger partial charge in [-0.25, -0.2) is 0 Å². The zero-order valence-electron chi connectivity index (χ0n) is 10.6. The van der Waals surface area contributed by atoms with Crippen LogP contribution in [-0.4, -0.2) is 21.8 Å².